The van der Waals surface area contributed by atoms with Gasteiger partial charge in [-0.25, -0.2) is 4.39 Å². The van der Waals surface area contributed by atoms with Crippen LogP contribution < -0.4 is 4.74 Å². The summed E-state index contributed by atoms with van der Waals surface area (Å²) in [4.78, 5) is 0. The molecule has 0 amide bonds. The van der Waals surface area contributed by atoms with E-state index in [0.717, 1.165) is 18.2 Å². The number of halogens is 4. The van der Waals surface area contributed by atoms with Crippen molar-refractivity contribution in [2.75, 3.05) is 7.11 Å². The Hall–Kier alpha value is -2.04. The molecule has 2 aromatic carbocycles. The number of hydrogen-bond acceptors (Lipinski definition) is 1. The van der Waals surface area contributed by atoms with Gasteiger partial charge >= 0.3 is 6.18 Å². The molecule has 0 atom stereocenters. The van der Waals surface area contributed by atoms with Crippen molar-refractivity contribution in [1.29, 1.82) is 0 Å². The average molecular weight is 270 g/mol. The lowest BCUT2D eigenvalue weighted by atomic mass is 10.0. The van der Waals surface area contributed by atoms with Gasteiger partial charge in [-0.15, -0.1) is 0 Å². The first-order valence-corrected chi connectivity index (χ1v) is 5.43. The fourth-order valence-corrected chi connectivity index (χ4v) is 1.72. The van der Waals surface area contributed by atoms with Gasteiger partial charge in [0.1, 0.15) is 11.6 Å². The standard InChI is InChI=1S/C14H10F4O/c1-19-11-5-6-13(15)12(8-11)9-3-2-4-10(7-9)14(16,17)18/h2-8H,1H3. The smallest absolute Gasteiger partial charge is 0.416 e. The van der Waals surface area contributed by atoms with Gasteiger partial charge in [0.2, 0.25) is 0 Å². The topological polar surface area (TPSA) is 9.23 Å². The molecule has 2 aromatic rings. The normalized spacial score (nSPS) is 11.4. The van der Waals surface area contributed by atoms with Crippen LogP contribution in [0.3, 0.4) is 0 Å². The maximum atomic E-state index is 13.7. The minimum atomic E-state index is -4.45. The first-order chi connectivity index (χ1) is 8.91. The van der Waals surface area contributed by atoms with Crippen LogP contribution in [0.5, 0.6) is 5.75 Å². The second-order valence-corrected chi connectivity index (χ2v) is 3.92. The van der Waals surface area contributed by atoms with Crippen LogP contribution in [0.15, 0.2) is 42.5 Å². The second-order valence-electron chi connectivity index (χ2n) is 3.92. The van der Waals surface area contributed by atoms with E-state index in [1.165, 1.54) is 31.4 Å². The van der Waals surface area contributed by atoms with Crippen LogP contribution in [0.1, 0.15) is 5.56 Å². The van der Waals surface area contributed by atoms with E-state index >= 15 is 0 Å². The lowest BCUT2D eigenvalue weighted by Gasteiger charge is -2.10. The molecule has 0 aliphatic heterocycles. The summed E-state index contributed by atoms with van der Waals surface area (Å²) in [5.41, 5.74) is -0.580. The van der Waals surface area contributed by atoms with E-state index in [2.05, 4.69) is 0 Å². The summed E-state index contributed by atoms with van der Waals surface area (Å²) in [6.45, 7) is 0. The summed E-state index contributed by atoms with van der Waals surface area (Å²) in [6, 6.07) is 8.47. The molecule has 19 heavy (non-hydrogen) atoms. The lowest BCUT2D eigenvalue weighted by molar-refractivity contribution is -0.137. The molecule has 100 valence electrons. The van der Waals surface area contributed by atoms with Crippen molar-refractivity contribution >= 4 is 0 Å². The molecule has 1 nitrogen and oxygen atoms in total. The lowest BCUT2D eigenvalue weighted by Crippen LogP contribution is -2.04. The maximum Gasteiger partial charge on any atom is 0.416 e. The molecule has 0 aliphatic carbocycles. The molecule has 0 saturated carbocycles. The molecule has 0 fully saturated rings. The van der Waals surface area contributed by atoms with E-state index in [1.54, 1.807) is 0 Å². The van der Waals surface area contributed by atoms with Crippen LogP contribution in [0.2, 0.25) is 0 Å². The largest absolute Gasteiger partial charge is 0.497 e. The molecular weight excluding hydrogens is 260 g/mol. The van der Waals surface area contributed by atoms with E-state index in [1.807, 2.05) is 0 Å². The fraction of sp³-hybridized carbons (Fsp3) is 0.143. The minimum Gasteiger partial charge on any atom is -0.497 e. The van der Waals surface area contributed by atoms with E-state index in [9.17, 15) is 17.6 Å². The zero-order valence-electron chi connectivity index (χ0n) is 9.96. The molecule has 0 spiro atoms. The monoisotopic (exact) mass is 270 g/mol. The Morgan fingerprint density at radius 1 is 1.00 bits per heavy atom. The van der Waals surface area contributed by atoms with E-state index in [-0.39, 0.29) is 11.1 Å². The minimum absolute atomic E-state index is 0.0745. The highest BCUT2D eigenvalue weighted by molar-refractivity contribution is 5.66. The van der Waals surface area contributed by atoms with Crippen molar-refractivity contribution in [3.63, 3.8) is 0 Å². The highest BCUT2D eigenvalue weighted by Crippen LogP contribution is 2.33. The number of hydrogen-bond donors (Lipinski definition) is 0. The van der Waals surface area contributed by atoms with Crippen molar-refractivity contribution < 1.29 is 22.3 Å². The average Bonchev–Trinajstić information content (AvgIpc) is 2.38. The van der Waals surface area contributed by atoms with E-state index in [4.69, 9.17) is 4.74 Å². The Morgan fingerprint density at radius 2 is 1.74 bits per heavy atom. The number of alkyl halides is 3. The van der Waals surface area contributed by atoms with Gasteiger partial charge in [-0.2, -0.15) is 13.2 Å². The van der Waals surface area contributed by atoms with Crippen LogP contribution in [0.25, 0.3) is 11.1 Å². The molecule has 0 saturated heterocycles. The summed E-state index contributed by atoms with van der Waals surface area (Å²) < 4.78 is 56.5. The summed E-state index contributed by atoms with van der Waals surface area (Å²) >= 11 is 0. The van der Waals surface area contributed by atoms with Gasteiger partial charge in [0.25, 0.3) is 0 Å². The second kappa shape index (κ2) is 4.91. The van der Waals surface area contributed by atoms with Crippen molar-refractivity contribution in [3.8, 4) is 16.9 Å². The molecule has 0 aromatic heterocycles. The summed E-state index contributed by atoms with van der Waals surface area (Å²) in [5.74, 6) is -0.214. The fourth-order valence-electron chi connectivity index (χ4n) is 1.72. The molecule has 5 heteroatoms. The molecule has 0 bridgehead atoms. The van der Waals surface area contributed by atoms with Gasteiger partial charge < -0.3 is 4.74 Å². The Kier molecular flexibility index (Phi) is 3.46. The molecule has 0 heterocycles. The number of ether oxygens (including phenoxy) is 1. The molecule has 0 unspecified atom stereocenters. The van der Waals surface area contributed by atoms with Gasteiger partial charge in [-0.1, -0.05) is 12.1 Å². The van der Waals surface area contributed by atoms with Crippen LogP contribution in [0, 0.1) is 5.82 Å². The van der Waals surface area contributed by atoms with Crippen molar-refractivity contribution in [2.24, 2.45) is 0 Å². The molecule has 0 N–H and O–H groups in total. The Bertz CT molecular complexity index is 590. The third-order valence-corrected chi connectivity index (χ3v) is 2.67. The molecular formula is C14H10F4O. The van der Waals surface area contributed by atoms with Gasteiger partial charge in [-0.05, 0) is 35.9 Å². The summed E-state index contributed by atoms with van der Waals surface area (Å²) in [7, 11) is 1.41. The van der Waals surface area contributed by atoms with Crippen molar-refractivity contribution in [1.82, 2.24) is 0 Å². The van der Waals surface area contributed by atoms with Gasteiger partial charge in [0.05, 0.1) is 12.7 Å². The molecule has 0 radical (unpaired) electrons. The first kappa shape index (κ1) is 13.4. The SMILES string of the molecule is COc1ccc(F)c(-c2cccc(C(F)(F)F)c2)c1. The van der Waals surface area contributed by atoms with Crippen molar-refractivity contribution in [3.05, 3.63) is 53.8 Å². The summed E-state index contributed by atoms with van der Waals surface area (Å²) in [5, 5.41) is 0. The van der Waals surface area contributed by atoms with Crippen LogP contribution in [-0.2, 0) is 6.18 Å². The van der Waals surface area contributed by atoms with E-state index in [0.29, 0.717) is 5.75 Å². The van der Waals surface area contributed by atoms with Crippen LogP contribution in [-0.4, -0.2) is 7.11 Å². The summed E-state index contributed by atoms with van der Waals surface area (Å²) in [6.07, 6.45) is -4.45. The Labute approximate surface area is 107 Å². The van der Waals surface area contributed by atoms with Crippen molar-refractivity contribution in [2.45, 2.75) is 6.18 Å². The third-order valence-electron chi connectivity index (χ3n) is 2.67. The first-order valence-electron chi connectivity index (χ1n) is 5.43. The highest BCUT2D eigenvalue weighted by Gasteiger charge is 2.30. The van der Waals surface area contributed by atoms with Gasteiger partial charge in [-0.3, -0.25) is 0 Å². The predicted octanol–water partition coefficient (Wildman–Crippen LogP) is 4.52. The third kappa shape index (κ3) is 2.86. The number of methoxy groups -OCH3 is 1. The number of benzene rings is 2. The Balaban J connectivity index is 2.53. The zero-order valence-corrected chi connectivity index (χ0v) is 9.96. The van der Waals surface area contributed by atoms with Crippen LogP contribution >= 0.6 is 0 Å². The van der Waals surface area contributed by atoms with E-state index < -0.39 is 17.6 Å². The maximum absolute atomic E-state index is 13.7. The van der Waals surface area contributed by atoms with Gasteiger partial charge in [0, 0.05) is 5.56 Å². The zero-order chi connectivity index (χ0) is 14.0. The quantitative estimate of drug-likeness (QED) is 0.729. The predicted molar refractivity (Wildman–Crippen MR) is 63.4 cm³/mol. The molecule has 2 rings (SSSR count). The highest BCUT2D eigenvalue weighted by atomic mass is 19.4. The molecule has 0 aliphatic rings. The van der Waals surface area contributed by atoms with Gasteiger partial charge in [0.15, 0.2) is 0 Å². The Morgan fingerprint density at radius 3 is 2.37 bits per heavy atom. The van der Waals surface area contributed by atoms with Crippen LogP contribution in [0.4, 0.5) is 17.6 Å². The number of rotatable bonds is 2.